The summed E-state index contributed by atoms with van der Waals surface area (Å²) in [6.07, 6.45) is 6.31. The van der Waals surface area contributed by atoms with Crippen LogP contribution >= 0.6 is 11.6 Å². The molecule has 2 unspecified atom stereocenters. The Morgan fingerprint density at radius 1 is 1.26 bits per heavy atom. The molecule has 0 saturated heterocycles. The molecule has 1 N–H and O–H groups in total. The SMILES string of the molecule is CC(n1c2c(c3cc(Cl)ccc31)CCN(C)C2)C1(O)CCc2cnccc21. The number of aliphatic hydroxyl groups is 1. The van der Waals surface area contributed by atoms with Gasteiger partial charge < -0.3 is 14.6 Å². The fourth-order valence-electron chi connectivity index (χ4n) is 5.09. The number of aryl methyl sites for hydroxylation is 1. The van der Waals surface area contributed by atoms with Crippen LogP contribution in [0.25, 0.3) is 10.9 Å². The molecule has 140 valence electrons. The van der Waals surface area contributed by atoms with Gasteiger partial charge in [-0.2, -0.15) is 0 Å². The molecule has 2 aliphatic rings. The van der Waals surface area contributed by atoms with E-state index in [-0.39, 0.29) is 6.04 Å². The lowest BCUT2D eigenvalue weighted by molar-refractivity contribution is -0.00940. The number of rotatable bonds is 2. The normalized spacial score (nSPS) is 23.4. The van der Waals surface area contributed by atoms with Gasteiger partial charge in [0, 0.05) is 47.1 Å². The maximum absolute atomic E-state index is 11.8. The Balaban J connectivity index is 1.73. The second-order valence-electron chi connectivity index (χ2n) is 8.08. The maximum atomic E-state index is 11.8. The molecule has 0 bridgehead atoms. The van der Waals surface area contributed by atoms with Crippen LogP contribution in [0.2, 0.25) is 5.02 Å². The first-order valence-electron chi connectivity index (χ1n) is 9.64. The van der Waals surface area contributed by atoms with E-state index in [1.165, 1.54) is 22.2 Å². The van der Waals surface area contributed by atoms with Crippen LogP contribution in [-0.2, 0) is 25.0 Å². The third kappa shape index (κ3) is 2.47. The van der Waals surface area contributed by atoms with Gasteiger partial charge in [-0.25, -0.2) is 0 Å². The van der Waals surface area contributed by atoms with Crippen molar-refractivity contribution >= 4 is 22.5 Å². The highest BCUT2D eigenvalue weighted by Gasteiger charge is 2.44. The van der Waals surface area contributed by atoms with Gasteiger partial charge in [-0.15, -0.1) is 0 Å². The van der Waals surface area contributed by atoms with Crippen LogP contribution in [0.1, 0.15) is 41.8 Å². The first-order valence-corrected chi connectivity index (χ1v) is 10.0. The summed E-state index contributed by atoms with van der Waals surface area (Å²) in [5.74, 6) is 0. The van der Waals surface area contributed by atoms with E-state index in [0.717, 1.165) is 48.5 Å². The number of hydrogen-bond acceptors (Lipinski definition) is 3. The van der Waals surface area contributed by atoms with Crippen LogP contribution in [-0.4, -0.2) is 33.1 Å². The standard InChI is InChI=1S/C22H24ClN3O/c1-14(22(27)8-5-15-12-24-9-6-19(15)22)26-20-4-3-16(23)11-18(20)17-7-10-25(2)13-21(17)26/h3-4,6,9,11-12,14,27H,5,7-8,10,13H2,1-2H3. The zero-order chi connectivity index (χ0) is 18.8. The van der Waals surface area contributed by atoms with Crippen molar-refractivity contribution in [3.8, 4) is 0 Å². The number of likely N-dealkylation sites (N-methyl/N-ethyl adjacent to an activating group) is 1. The molecule has 1 aliphatic carbocycles. The van der Waals surface area contributed by atoms with Gasteiger partial charge in [0.2, 0.25) is 0 Å². The summed E-state index contributed by atoms with van der Waals surface area (Å²) in [7, 11) is 2.16. The largest absolute Gasteiger partial charge is 0.383 e. The number of hydrogen-bond donors (Lipinski definition) is 1. The van der Waals surface area contributed by atoms with Crippen molar-refractivity contribution in [2.75, 3.05) is 13.6 Å². The number of benzene rings is 1. The molecule has 5 rings (SSSR count). The predicted molar refractivity (Wildman–Crippen MR) is 108 cm³/mol. The van der Waals surface area contributed by atoms with Crippen molar-refractivity contribution in [1.82, 2.24) is 14.5 Å². The predicted octanol–water partition coefficient (Wildman–Crippen LogP) is 4.07. The molecule has 5 heteroatoms. The summed E-state index contributed by atoms with van der Waals surface area (Å²) < 4.78 is 2.37. The second kappa shape index (κ2) is 6.06. The number of nitrogens with zero attached hydrogens (tertiary/aromatic N) is 3. The molecule has 0 amide bonds. The van der Waals surface area contributed by atoms with Crippen LogP contribution < -0.4 is 0 Å². The number of halogens is 1. The Hall–Kier alpha value is -1.88. The van der Waals surface area contributed by atoms with E-state index in [2.05, 4.69) is 40.6 Å². The van der Waals surface area contributed by atoms with Gasteiger partial charge in [0.1, 0.15) is 5.60 Å². The molecule has 0 fully saturated rings. The molecular formula is C22H24ClN3O. The molecule has 0 radical (unpaired) electrons. The summed E-state index contributed by atoms with van der Waals surface area (Å²) in [4.78, 5) is 6.59. The summed E-state index contributed by atoms with van der Waals surface area (Å²) in [6, 6.07) is 8.07. The highest BCUT2D eigenvalue weighted by molar-refractivity contribution is 6.31. The van der Waals surface area contributed by atoms with Crippen molar-refractivity contribution in [1.29, 1.82) is 0 Å². The number of pyridine rings is 1. The maximum Gasteiger partial charge on any atom is 0.111 e. The average Bonchev–Trinajstić information content (AvgIpc) is 3.17. The van der Waals surface area contributed by atoms with E-state index in [0.29, 0.717) is 0 Å². The van der Waals surface area contributed by atoms with Crippen LogP contribution in [0.4, 0.5) is 0 Å². The van der Waals surface area contributed by atoms with E-state index in [4.69, 9.17) is 11.6 Å². The van der Waals surface area contributed by atoms with E-state index >= 15 is 0 Å². The van der Waals surface area contributed by atoms with E-state index in [1.54, 1.807) is 6.20 Å². The van der Waals surface area contributed by atoms with Crippen molar-refractivity contribution in [2.24, 2.45) is 0 Å². The van der Waals surface area contributed by atoms with Crippen molar-refractivity contribution in [2.45, 2.75) is 44.4 Å². The van der Waals surface area contributed by atoms with Crippen LogP contribution in [0.15, 0.2) is 36.7 Å². The van der Waals surface area contributed by atoms with Gasteiger partial charge in [-0.05, 0) is 74.2 Å². The quantitative estimate of drug-likeness (QED) is 0.727. The third-order valence-corrected chi connectivity index (χ3v) is 6.80. The average molecular weight is 382 g/mol. The number of fused-ring (bicyclic) bond motifs is 4. The summed E-state index contributed by atoms with van der Waals surface area (Å²) in [5.41, 5.74) is 5.17. The van der Waals surface area contributed by atoms with Gasteiger partial charge >= 0.3 is 0 Å². The zero-order valence-corrected chi connectivity index (χ0v) is 16.5. The van der Waals surface area contributed by atoms with E-state index in [9.17, 15) is 5.11 Å². The molecule has 3 heterocycles. The molecule has 4 nitrogen and oxygen atoms in total. The van der Waals surface area contributed by atoms with Crippen LogP contribution in [0.5, 0.6) is 0 Å². The summed E-state index contributed by atoms with van der Waals surface area (Å²) in [5, 5.41) is 13.8. The molecule has 3 aromatic rings. The fraction of sp³-hybridized carbons (Fsp3) is 0.409. The molecule has 0 spiro atoms. The minimum Gasteiger partial charge on any atom is -0.383 e. The molecule has 1 aliphatic heterocycles. The van der Waals surface area contributed by atoms with Gasteiger partial charge in [0.05, 0.1) is 6.04 Å². The van der Waals surface area contributed by atoms with E-state index < -0.39 is 5.60 Å². The topological polar surface area (TPSA) is 41.3 Å². The van der Waals surface area contributed by atoms with Gasteiger partial charge in [0.25, 0.3) is 0 Å². The molecule has 27 heavy (non-hydrogen) atoms. The zero-order valence-electron chi connectivity index (χ0n) is 15.7. The lowest BCUT2D eigenvalue weighted by Crippen LogP contribution is -2.36. The van der Waals surface area contributed by atoms with Crippen LogP contribution in [0, 0.1) is 0 Å². The highest BCUT2D eigenvalue weighted by Crippen LogP contribution is 2.47. The lowest BCUT2D eigenvalue weighted by atomic mass is 9.88. The van der Waals surface area contributed by atoms with E-state index in [1.807, 2.05) is 18.3 Å². The first kappa shape index (κ1) is 17.2. The third-order valence-electron chi connectivity index (χ3n) is 6.57. The Kier molecular flexibility index (Phi) is 3.87. The lowest BCUT2D eigenvalue weighted by Gasteiger charge is -2.35. The van der Waals surface area contributed by atoms with Crippen molar-refractivity contribution in [3.63, 3.8) is 0 Å². The van der Waals surface area contributed by atoms with Crippen LogP contribution in [0.3, 0.4) is 0 Å². The number of aromatic nitrogens is 2. The van der Waals surface area contributed by atoms with Crippen molar-refractivity contribution in [3.05, 3.63) is 64.1 Å². The summed E-state index contributed by atoms with van der Waals surface area (Å²) >= 11 is 6.32. The van der Waals surface area contributed by atoms with Gasteiger partial charge in [-0.3, -0.25) is 4.98 Å². The second-order valence-corrected chi connectivity index (χ2v) is 8.51. The van der Waals surface area contributed by atoms with Gasteiger partial charge in [0.15, 0.2) is 0 Å². The summed E-state index contributed by atoms with van der Waals surface area (Å²) in [6.45, 7) is 4.09. The molecule has 2 atom stereocenters. The Bertz CT molecular complexity index is 1040. The Labute approximate surface area is 164 Å². The van der Waals surface area contributed by atoms with Crippen molar-refractivity contribution < 1.29 is 5.11 Å². The molecule has 1 aromatic carbocycles. The minimum absolute atomic E-state index is 0.0694. The molecular weight excluding hydrogens is 358 g/mol. The first-order chi connectivity index (χ1) is 13.0. The smallest absolute Gasteiger partial charge is 0.111 e. The Morgan fingerprint density at radius 3 is 2.96 bits per heavy atom. The molecule has 2 aromatic heterocycles. The Morgan fingerprint density at radius 2 is 2.11 bits per heavy atom. The minimum atomic E-state index is -0.881. The monoisotopic (exact) mass is 381 g/mol. The fourth-order valence-corrected chi connectivity index (χ4v) is 5.26. The van der Waals surface area contributed by atoms with Gasteiger partial charge in [-0.1, -0.05) is 11.6 Å². The molecule has 0 saturated carbocycles. The highest BCUT2D eigenvalue weighted by atomic mass is 35.5.